The number of carbonyl (C=O) groups is 2. The Labute approximate surface area is 88.8 Å². The van der Waals surface area contributed by atoms with Gasteiger partial charge >= 0.3 is 0 Å². The second-order valence-corrected chi connectivity index (χ2v) is 5.06. The van der Waals surface area contributed by atoms with Crippen molar-refractivity contribution in [3.63, 3.8) is 0 Å². The minimum Gasteiger partial charge on any atom is -0.328 e. The van der Waals surface area contributed by atoms with E-state index < -0.39 is 0 Å². The Morgan fingerprint density at radius 1 is 1.00 bits per heavy atom. The SMILES string of the molecule is NC1CCC(N2C(=O)C3CC3C2=O)CC1. The lowest BCUT2D eigenvalue weighted by Crippen LogP contribution is -2.45. The van der Waals surface area contributed by atoms with Gasteiger partial charge in [-0.15, -0.1) is 0 Å². The number of rotatable bonds is 1. The molecule has 2 amide bonds. The number of hydrogen-bond donors (Lipinski definition) is 1. The second-order valence-electron chi connectivity index (χ2n) is 5.06. The number of imide groups is 1. The van der Waals surface area contributed by atoms with Crippen molar-refractivity contribution < 1.29 is 9.59 Å². The number of nitrogens with two attached hydrogens (primary N) is 1. The number of carbonyl (C=O) groups excluding carboxylic acids is 2. The van der Waals surface area contributed by atoms with Crippen molar-refractivity contribution in [3.8, 4) is 0 Å². The molecule has 2 N–H and O–H groups in total. The summed E-state index contributed by atoms with van der Waals surface area (Å²) >= 11 is 0. The number of amides is 2. The summed E-state index contributed by atoms with van der Waals surface area (Å²) in [6, 6.07) is 0.418. The summed E-state index contributed by atoms with van der Waals surface area (Å²) in [6.45, 7) is 0. The minimum atomic E-state index is 0.0492. The summed E-state index contributed by atoms with van der Waals surface area (Å²) < 4.78 is 0. The van der Waals surface area contributed by atoms with E-state index in [4.69, 9.17) is 5.73 Å². The summed E-state index contributed by atoms with van der Waals surface area (Å²) in [7, 11) is 0. The van der Waals surface area contributed by atoms with E-state index in [-0.39, 0.29) is 35.7 Å². The normalized spacial score (nSPS) is 44.5. The van der Waals surface area contributed by atoms with Crippen molar-refractivity contribution in [2.75, 3.05) is 0 Å². The molecule has 4 nitrogen and oxygen atoms in total. The summed E-state index contributed by atoms with van der Waals surface area (Å²) in [6.07, 6.45) is 4.49. The first-order valence-electron chi connectivity index (χ1n) is 5.81. The third-order valence-electron chi connectivity index (χ3n) is 4.01. The number of fused-ring (bicyclic) bond motifs is 1. The molecule has 0 aromatic rings. The Bertz CT molecular complexity index is 301. The van der Waals surface area contributed by atoms with E-state index in [1.165, 1.54) is 0 Å². The van der Waals surface area contributed by atoms with Crippen LogP contribution in [0, 0.1) is 11.8 Å². The smallest absolute Gasteiger partial charge is 0.233 e. The first-order chi connectivity index (χ1) is 7.18. The molecule has 3 rings (SSSR count). The lowest BCUT2D eigenvalue weighted by molar-refractivity contribution is -0.144. The highest BCUT2D eigenvalue weighted by Gasteiger charge is 2.60. The van der Waals surface area contributed by atoms with Gasteiger partial charge in [0.15, 0.2) is 0 Å². The molecule has 3 aliphatic rings. The van der Waals surface area contributed by atoms with Crippen molar-refractivity contribution in [3.05, 3.63) is 0 Å². The van der Waals surface area contributed by atoms with Gasteiger partial charge < -0.3 is 5.73 Å². The summed E-state index contributed by atoms with van der Waals surface area (Å²) in [5.74, 6) is 0.275. The number of hydrogen-bond acceptors (Lipinski definition) is 3. The fourth-order valence-corrected chi connectivity index (χ4v) is 2.93. The third kappa shape index (κ3) is 1.31. The molecule has 1 aliphatic heterocycles. The predicted molar refractivity (Wildman–Crippen MR) is 53.7 cm³/mol. The highest BCUT2D eigenvalue weighted by Crippen LogP contribution is 2.48. The molecule has 3 fully saturated rings. The second kappa shape index (κ2) is 3.04. The number of piperidine rings is 1. The molecule has 0 radical (unpaired) electrons. The Hall–Kier alpha value is -0.900. The van der Waals surface area contributed by atoms with E-state index in [2.05, 4.69) is 0 Å². The summed E-state index contributed by atoms with van der Waals surface area (Å²) in [5.41, 5.74) is 5.81. The average Bonchev–Trinajstić information content (AvgIpc) is 2.96. The van der Waals surface area contributed by atoms with Crippen molar-refractivity contribution >= 4 is 11.8 Å². The molecule has 15 heavy (non-hydrogen) atoms. The number of nitrogens with zero attached hydrogens (tertiary/aromatic N) is 1. The fourth-order valence-electron chi connectivity index (χ4n) is 2.93. The van der Waals surface area contributed by atoms with Crippen LogP contribution in [0.25, 0.3) is 0 Å². The minimum absolute atomic E-state index is 0.0492. The Balaban J connectivity index is 1.72. The van der Waals surface area contributed by atoms with E-state index in [0.717, 1.165) is 32.1 Å². The summed E-state index contributed by atoms with van der Waals surface area (Å²) in [4.78, 5) is 25.2. The highest BCUT2D eigenvalue weighted by molar-refractivity contribution is 6.09. The molecular weight excluding hydrogens is 192 g/mol. The maximum absolute atomic E-state index is 11.8. The van der Waals surface area contributed by atoms with Gasteiger partial charge in [0, 0.05) is 12.1 Å². The Kier molecular flexibility index (Phi) is 1.89. The van der Waals surface area contributed by atoms with Gasteiger partial charge in [0.05, 0.1) is 11.8 Å². The van der Waals surface area contributed by atoms with Crippen LogP contribution in [0.3, 0.4) is 0 Å². The molecule has 4 heteroatoms. The first kappa shape index (κ1) is 9.33. The highest BCUT2D eigenvalue weighted by atomic mass is 16.2. The molecule has 1 saturated heterocycles. The molecule has 0 aromatic heterocycles. The monoisotopic (exact) mass is 208 g/mol. The van der Waals surface area contributed by atoms with Gasteiger partial charge in [0.2, 0.25) is 11.8 Å². The lowest BCUT2D eigenvalue weighted by Gasteiger charge is -2.32. The zero-order chi connectivity index (χ0) is 10.6. The van der Waals surface area contributed by atoms with Gasteiger partial charge in [-0.3, -0.25) is 14.5 Å². The molecular formula is C11H16N2O2. The Morgan fingerprint density at radius 2 is 1.53 bits per heavy atom. The fraction of sp³-hybridized carbons (Fsp3) is 0.818. The molecule has 2 saturated carbocycles. The molecule has 0 spiro atoms. The summed E-state index contributed by atoms with van der Waals surface area (Å²) in [5, 5.41) is 0. The molecule has 82 valence electrons. The first-order valence-corrected chi connectivity index (χ1v) is 5.81. The van der Waals surface area contributed by atoms with Crippen LogP contribution in [0.5, 0.6) is 0 Å². The topological polar surface area (TPSA) is 63.4 Å². The number of likely N-dealkylation sites (tertiary alicyclic amines) is 1. The standard InChI is InChI=1S/C11H16N2O2/c12-6-1-3-7(4-2-6)13-10(14)8-5-9(8)11(13)15/h6-9H,1-5,12H2. The zero-order valence-electron chi connectivity index (χ0n) is 8.69. The van der Waals surface area contributed by atoms with E-state index in [1.54, 1.807) is 4.90 Å². The average molecular weight is 208 g/mol. The van der Waals surface area contributed by atoms with Crippen molar-refractivity contribution in [1.29, 1.82) is 0 Å². The van der Waals surface area contributed by atoms with Crippen LogP contribution in [0.2, 0.25) is 0 Å². The largest absolute Gasteiger partial charge is 0.328 e. The molecule has 0 aromatic carbocycles. The lowest BCUT2D eigenvalue weighted by atomic mass is 9.90. The maximum Gasteiger partial charge on any atom is 0.233 e. The molecule has 2 atom stereocenters. The van der Waals surface area contributed by atoms with Gasteiger partial charge in [0.1, 0.15) is 0 Å². The van der Waals surface area contributed by atoms with Crippen LogP contribution < -0.4 is 5.73 Å². The zero-order valence-corrected chi connectivity index (χ0v) is 8.69. The van der Waals surface area contributed by atoms with Crippen LogP contribution in [-0.2, 0) is 9.59 Å². The third-order valence-corrected chi connectivity index (χ3v) is 4.01. The van der Waals surface area contributed by atoms with Crippen LogP contribution in [0.4, 0.5) is 0 Å². The van der Waals surface area contributed by atoms with Crippen LogP contribution in [0.15, 0.2) is 0 Å². The van der Waals surface area contributed by atoms with Gasteiger partial charge in [-0.1, -0.05) is 0 Å². The van der Waals surface area contributed by atoms with Gasteiger partial charge in [-0.05, 0) is 32.1 Å². The Morgan fingerprint density at radius 3 is 2.07 bits per heavy atom. The predicted octanol–water partition coefficient (Wildman–Crippen LogP) is 0.261. The van der Waals surface area contributed by atoms with Crippen LogP contribution >= 0.6 is 0 Å². The van der Waals surface area contributed by atoms with Crippen molar-refractivity contribution in [1.82, 2.24) is 4.90 Å². The van der Waals surface area contributed by atoms with Crippen molar-refractivity contribution in [2.45, 2.75) is 44.2 Å². The maximum atomic E-state index is 11.8. The van der Waals surface area contributed by atoms with Gasteiger partial charge in [-0.2, -0.15) is 0 Å². The van der Waals surface area contributed by atoms with Gasteiger partial charge in [-0.25, -0.2) is 0 Å². The van der Waals surface area contributed by atoms with Crippen LogP contribution in [-0.4, -0.2) is 28.8 Å². The van der Waals surface area contributed by atoms with Gasteiger partial charge in [0.25, 0.3) is 0 Å². The van der Waals surface area contributed by atoms with E-state index in [1.807, 2.05) is 0 Å². The molecule has 1 heterocycles. The van der Waals surface area contributed by atoms with E-state index in [0.29, 0.717) is 0 Å². The molecule has 0 bridgehead atoms. The van der Waals surface area contributed by atoms with E-state index >= 15 is 0 Å². The van der Waals surface area contributed by atoms with Crippen LogP contribution in [0.1, 0.15) is 32.1 Å². The molecule has 2 unspecified atom stereocenters. The van der Waals surface area contributed by atoms with E-state index in [9.17, 15) is 9.59 Å². The van der Waals surface area contributed by atoms with Crippen molar-refractivity contribution in [2.24, 2.45) is 17.6 Å². The molecule has 2 aliphatic carbocycles. The quantitative estimate of drug-likeness (QED) is 0.629.